The fourth-order valence-corrected chi connectivity index (χ4v) is 2.07. The minimum absolute atomic E-state index is 0.324. The van der Waals surface area contributed by atoms with Crippen LogP contribution in [-0.2, 0) is 11.4 Å². The van der Waals surface area contributed by atoms with Gasteiger partial charge in [0.15, 0.2) is 0 Å². The normalized spacial score (nSPS) is 14.4. The largest absolute Gasteiger partial charge is 0.591 e. The van der Waals surface area contributed by atoms with E-state index in [0.29, 0.717) is 0 Å². The van der Waals surface area contributed by atoms with Gasteiger partial charge in [-0.3, -0.25) is 0 Å². The molecule has 1 aromatic rings. The number of hydrogen-bond donors (Lipinski definition) is 0. The van der Waals surface area contributed by atoms with Crippen LogP contribution in [0.1, 0.15) is 32.0 Å². The van der Waals surface area contributed by atoms with Crippen LogP contribution in [-0.4, -0.2) is 20.5 Å². The maximum absolute atomic E-state index is 11.7. The quantitative estimate of drug-likeness (QED) is 0.479. The summed E-state index contributed by atoms with van der Waals surface area (Å²) in [6, 6.07) is 3.74. The van der Waals surface area contributed by atoms with E-state index in [1.807, 2.05) is 39.8 Å². The predicted molar refractivity (Wildman–Crippen MR) is 72.2 cm³/mol. The summed E-state index contributed by atoms with van der Waals surface area (Å²) in [5.74, 6) is 0. The number of pyridine rings is 1. The average molecular weight is 303 g/mol. The summed E-state index contributed by atoms with van der Waals surface area (Å²) in [5.41, 5.74) is 1.80. The van der Waals surface area contributed by atoms with Gasteiger partial charge in [0.2, 0.25) is 0 Å². The van der Waals surface area contributed by atoms with Crippen LogP contribution in [0, 0.1) is 6.92 Å². The van der Waals surface area contributed by atoms with E-state index in [1.165, 1.54) is 0 Å². The molecular weight excluding hydrogens is 288 g/mol. The van der Waals surface area contributed by atoms with Gasteiger partial charge in [0.05, 0.1) is 6.21 Å². The molecule has 1 rings (SSSR count). The first-order valence-electron chi connectivity index (χ1n) is 4.89. The lowest BCUT2D eigenvalue weighted by Gasteiger charge is -2.17. The zero-order valence-electron chi connectivity index (χ0n) is 9.82. The SMILES string of the molecule is Cc1cc(C=N[S+]([O-])C(C)(C)C)cc(Br)n1. The average Bonchev–Trinajstić information content (AvgIpc) is 2.11. The van der Waals surface area contributed by atoms with Crippen molar-refractivity contribution in [2.75, 3.05) is 0 Å². The summed E-state index contributed by atoms with van der Waals surface area (Å²) >= 11 is 2.09. The lowest BCUT2D eigenvalue weighted by atomic mass is 10.2. The van der Waals surface area contributed by atoms with Gasteiger partial charge in [-0.25, -0.2) is 4.98 Å². The van der Waals surface area contributed by atoms with E-state index in [-0.39, 0.29) is 4.75 Å². The van der Waals surface area contributed by atoms with E-state index in [4.69, 9.17) is 0 Å². The molecule has 3 nitrogen and oxygen atoms in total. The Morgan fingerprint density at radius 2 is 2.06 bits per heavy atom. The molecule has 0 aliphatic heterocycles. The molecule has 0 saturated heterocycles. The molecule has 0 radical (unpaired) electrons. The molecule has 88 valence electrons. The molecule has 1 atom stereocenters. The molecule has 1 aromatic heterocycles. The Hall–Kier alpha value is -0.390. The Balaban J connectivity index is 2.84. The fraction of sp³-hybridized carbons (Fsp3) is 0.455. The highest BCUT2D eigenvalue weighted by atomic mass is 79.9. The number of nitrogens with zero attached hydrogens (tertiary/aromatic N) is 2. The standard InChI is InChI=1S/C11H15BrN2OS/c1-8-5-9(6-10(12)14-8)7-13-16(15)11(2,3)4/h5-7H,1-4H3. The third-order valence-corrected chi connectivity index (χ3v) is 3.52. The van der Waals surface area contributed by atoms with Crippen molar-refractivity contribution >= 4 is 33.5 Å². The molecule has 16 heavy (non-hydrogen) atoms. The summed E-state index contributed by atoms with van der Waals surface area (Å²) in [4.78, 5) is 4.19. The summed E-state index contributed by atoms with van der Waals surface area (Å²) in [6.07, 6.45) is 1.63. The molecule has 0 spiro atoms. The van der Waals surface area contributed by atoms with E-state index in [1.54, 1.807) is 6.21 Å². The Labute approximate surface area is 108 Å². The van der Waals surface area contributed by atoms with Crippen LogP contribution in [0.5, 0.6) is 0 Å². The molecule has 1 heterocycles. The fourth-order valence-electron chi connectivity index (χ4n) is 0.995. The van der Waals surface area contributed by atoms with Gasteiger partial charge < -0.3 is 4.55 Å². The van der Waals surface area contributed by atoms with Gasteiger partial charge in [-0.2, -0.15) is 0 Å². The monoisotopic (exact) mass is 302 g/mol. The van der Waals surface area contributed by atoms with Crippen molar-refractivity contribution in [3.63, 3.8) is 0 Å². The molecule has 0 amide bonds. The third kappa shape index (κ3) is 4.23. The first-order valence-corrected chi connectivity index (χ1v) is 6.79. The molecule has 0 saturated carbocycles. The smallest absolute Gasteiger partial charge is 0.144 e. The van der Waals surface area contributed by atoms with Crippen LogP contribution in [0.25, 0.3) is 0 Å². The second-order valence-electron chi connectivity index (χ2n) is 4.46. The number of rotatable bonds is 2. The van der Waals surface area contributed by atoms with E-state index >= 15 is 0 Å². The Morgan fingerprint density at radius 3 is 2.56 bits per heavy atom. The molecule has 5 heteroatoms. The second kappa shape index (κ2) is 5.29. The Kier molecular flexibility index (Phi) is 4.52. The van der Waals surface area contributed by atoms with Crippen molar-refractivity contribution in [1.29, 1.82) is 0 Å². The first-order chi connectivity index (χ1) is 7.29. The molecular formula is C11H15BrN2OS. The van der Waals surface area contributed by atoms with Gasteiger partial charge in [0, 0.05) is 11.3 Å². The van der Waals surface area contributed by atoms with Gasteiger partial charge in [-0.05, 0) is 55.8 Å². The minimum Gasteiger partial charge on any atom is -0.591 e. The summed E-state index contributed by atoms with van der Waals surface area (Å²) in [5, 5.41) is 0. The van der Waals surface area contributed by atoms with Gasteiger partial charge >= 0.3 is 0 Å². The van der Waals surface area contributed by atoms with Crippen molar-refractivity contribution in [3.05, 3.63) is 28.0 Å². The maximum atomic E-state index is 11.7. The Morgan fingerprint density at radius 1 is 1.44 bits per heavy atom. The summed E-state index contributed by atoms with van der Waals surface area (Å²) in [6.45, 7) is 7.60. The zero-order valence-corrected chi connectivity index (χ0v) is 12.2. The lowest BCUT2D eigenvalue weighted by Crippen LogP contribution is -2.25. The van der Waals surface area contributed by atoms with E-state index in [0.717, 1.165) is 15.9 Å². The van der Waals surface area contributed by atoms with E-state index in [2.05, 4.69) is 25.3 Å². The van der Waals surface area contributed by atoms with Gasteiger partial charge in [0.25, 0.3) is 0 Å². The summed E-state index contributed by atoms with van der Waals surface area (Å²) < 4.78 is 16.2. The lowest BCUT2D eigenvalue weighted by molar-refractivity contribution is 0.562. The number of aryl methyl sites for hydroxylation is 1. The highest BCUT2D eigenvalue weighted by molar-refractivity contribution is 9.10. The Bertz CT molecular complexity index is 381. The zero-order chi connectivity index (χ0) is 12.3. The van der Waals surface area contributed by atoms with E-state index in [9.17, 15) is 4.55 Å². The maximum Gasteiger partial charge on any atom is 0.144 e. The van der Waals surface area contributed by atoms with Crippen LogP contribution < -0.4 is 0 Å². The third-order valence-electron chi connectivity index (χ3n) is 1.77. The van der Waals surface area contributed by atoms with Crippen LogP contribution in [0.15, 0.2) is 21.1 Å². The summed E-state index contributed by atoms with van der Waals surface area (Å²) in [7, 11) is 0. The minimum atomic E-state index is -1.22. The molecule has 0 fully saturated rings. The van der Waals surface area contributed by atoms with Crippen LogP contribution in [0.4, 0.5) is 0 Å². The molecule has 1 unspecified atom stereocenters. The first kappa shape index (κ1) is 13.7. The molecule has 0 N–H and O–H groups in total. The van der Waals surface area contributed by atoms with Crippen LogP contribution in [0.2, 0.25) is 0 Å². The number of hydrogen-bond acceptors (Lipinski definition) is 3. The topological polar surface area (TPSA) is 48.3 Å². The highest BCUT2D eigenvalue weighted by Crippen LogP contribution is 2.17. The van der Waals surface area contributed by atoms with Crippen molar-refractivity contribution in [2.24, 2.45) is 4.40 Å². The molecule has 0 aromatic carbocycles. The van der Waals surface area contributed by atoms with Crippen molar-refractivity contribution < 1.29 is 4.55 Å². The van der Waals surface area contributed by atoms with Crippen LogP contribution >= 0.6 is 15.9 Å². The highest BCUT2D eigenvalue weighted by Gasteiger charge is 2.25. The molecule has 0 aliphatic carbocycles. The number of aromatic nitrogens is 1. The van der Waals surface area contributed by atoms with Crippen molar-refractivity contribution in [3.8, 4) is 0 Å². The van der Waals surface area contributed by atoms with Crippen molar-refractivity contribution in [2.45, 2.75) is 32.4 Å². The van der Waals surface area contributed by atoms with Crippen molar-refractivity contribution in [1.82, 2.24) is 4.98 Å². The number of halogens is 1. The van der Waals surface area contributed by atoms with E-state index < -0.39 is 11.4 Å². The second-order valence-corrected chi connectivity index (χ2v) is 7.21. The van der Waals surface area contributed by atoms with Gasteiger partial charge in [-0.15, -0.1) is 0 Å². The predicted octanol–water partition coefficient (Wildman–Crippen LogP) is 3.03. The molecule has 0 bridgehead atoms. The van der Waals surface area contributed by atoms with Gasteiger partial charge in [0.1, 0.15) is 20.7 Å². The molecule has 0 aliphatic rings. The van der Waals surface area contributed by atoms with Gasteiger partial charge in [-0.1, -0.05) is 4.40 Å². The van der Waals surface area contributed by atoms with Crippen LogP contribution in [0.3, 0.4) is 0 Å².